The molecular formula is C15H26O2. The maximum absolute atomic E-state index is 12.3. The van der Waals surface area contributed by atoms with Gasteiger partial charge < -0.3 is 4.74 Å². The van der Waals surface area contributed by atoms with E-state index < -0.39 is 0 Å². The van der Waals surface area contributed by atoms with Crippen LogP contribution < -0.4 is 0 Å². The van der Waals surface area contributed by atoms with Gasteiger partial charge >= 0.3 is 0 Å². The number of carbonyl (C=O) groups excluding carboxylic acids is 1. The molecule has 1 saturated heterocycles. The van der Waals surface area contributed by atoms with Crippen molar-refractivity contribution in [1.82, 2.24) is 0 Å². The third-order valence-corrected chi connectivity index (χ3v) is 4.58. The normalized spacial score (nSPS) is 33.8. The molecule has 0 spiro atoms. The molecule has 2 fully saturated rings. The summed E-state index contributed by atoms with van der Waals surface area (Å²) >= 11 is 0. The third kappa shape index (κ3) is 3.54. The predicted octanol–water partition coefficient (Wildman–Crippen LogP) is 3.73. The van der Waals surface area contributed by atoms with E-state index in [0.717, 1.165) is 32.3 Å². The molecule has 1 aliphatic carbocycles. The molecule has 0 aromatic carbocycles. The van der Waals surface area contributed by atoms with Crippen LogP contribution in [-0.2, 0) is 9.53 Å². The summed E-state index contributed by atoms with van der Waals surface area (Å²) in [7, 11) is 0. The minimum atomic E-state index is 0.371. The van der Waals surface area contributed by atoms with Crippen LogP contribution in [0.15, 0.2) is 0 Å². The minimum absolute atomic E-state index is 0.371. The zero-order valence-corrected chi connectivity index (χ0v) is 11.1. The van der Waals surface area contributed by atoms with Crippen LogP contribution in [0.25, 0.3) is 0 Å². The van der Waals surface area contributed by atoms with E-state index in [2.05, 4.69) is 6.92 Å². The van der Waals surface area contributed by atoms with E-state index >= 15 is 0 Å². The molecule has 2 rings (SSSR count). The molecule has 0 radical (unpaired) electrons. The summed E-state index contributed by atoms with van der Waals surface area (Å²) in [5.74, 6) is 1.56. The van der Waals surface area contributed by atoms with Gasteiger partial charge in [0.15, 0.2) is 0 Å². The molecule has 3 atom stereocenters. The smallest absolute Gasteiger partial charge is 0.136 e. The number of hydrogen-bond donors (Lipinski definition) is 0. The second kappa shape index (κ2) is 6.53. The van der Waals surface area contributed by atoms with E-state index in [0.29, 0.717) is 23.7 Å². The Hall–Kier alpha value is -0.370. The highest BCUT2D eigenvalue weighted by molar-refractivity contribution is 5.81. The van der Waals surface area contributed by atoms with E-state index in [9.17, 15) is 4.79 Å². The third-order valence-electron chi connectivity index (χ3n) is 4.58. The first-order valence-electron chi connectivity index (χ1n) is 7.45. The van der Waals surface area contributed by atoms with Crippen LogP contribution in [0, 0.1) is 11.8 Å². The summed E-state index contributed by atoms with van der Waals surface area (Å²) in [6.07, 6.45) is 10.6. The molecule has 1 saturated carbocycles. The fourth-order valence-electron chi connectivity index (χ4n) is 3.48. The predicted molar refractivity (Wildman–Crippen MR) is 69.0 cm³/mol. The first kappa shape index (κ1) is 13.1. The molecule has 0 aromatic rings. The molecule has 1 aliphatic heterocycles. The molecule has 2 heteroatoms. The molecule has 2 aliphatic rings. The summed E-state index contributed by atoms with van der Waals surface area (Å²) in [5.41, 5.74) is 0. The van der Waals surface area contributed by atoms with Crippen LogP contribution in [0.3, 0.4) is 0 Å². The van der Waals surface area contributed by atoms with Crippen LogP contribution in [0.5, 0.6) is 0 Å². The summed E-state index contributed by atoms with van der Waals surface area (Å²) in [5, 5.41) is 0. The van der Waals surface area contributed by atoms with Gasteiger partial charge in [0, 0.05) is 18.9 Å². The lowest BCUT2D eigenvalue weighted by molar-refractivity contribution is -0.126. The van der Waals surface area contributed by atoms with E-state index in [-0.39, 0.29) is 0 Å². The van der Waals surface area contributed by atoms with Gasteiger partial charge in [0.05, 0.1) is 6.10 Å². The van der Waals surface area contributed by atoms with Crippen LogP contribution in [0.2, 0.25) is 0 Å². The number of carbonyl (C=O) groups is 1. The standard InChI is InChI=1S/C15H26O2/c1-2-12-6-3-4-8-14(12)15(16)10-9-13-7-5-11-17-13/h12-14H,2-11H2,1H3. The minimum Gasteiger partial charge on any atom is -0.378 e. The van der Waals surface area contributed by atoms with Gasteiger partial charge in [-0.3, -0.25) is 4.79 Å². The number of ketones is 1. The van der Waals surface area contributed by atoms with Crippen molar-refractivity contribution >= 4 is 5.78 Å². The van der Waals surface area contributed by atoms with Gasteiger partial charge in [-0.15, -0.1) is 0 Å². The molecule has 0 amide bonds. The Morgan fingerprint density at radius 2 is 2.00 bits per heavy atom. The van der Waals surface area contributed by atoms with Crippen molar-refractivity contribution in [1.29, 1.82) is 0 Å². The van der Waals surface area contributed by atoms with Crippen LogP contribution >= 0.6 is 0 Å². The Bertz CT molecular complexity index is 243. The average molecular weight is 238 g/mol. The second-order valence-electron chi connectivity index (χ2n) is 5.70. The lowest BCUT2D eigenvalue weighted by Crippen LogP contribution is -2.27. The molecule has 0 aromatic heterocycles. The van der Waals surface area contributed by atoms with Crippen molar-refractivity contribution in [3.63, 3.8) is 0 Å². The van der Waals surface area contributed by atoms with E-state index in [1.54, 1.807) is 0 Å². The Morgan fingerprint density at radius 1 is 1.18 bits per heavy atom. The number of Topliss-reactive ketones (excluding diaryl/α,β-unsaturated/α-hetero) is 1. The molecule has 0 N–H and O–H groups in total. The number of ether oxygens (including phenoxy) is 1. The maximum atomic E-state index is 12.3. The first-order valence-corrected chi connectivity index (χ1v) is 7.45. The first-order chi connectivity index (χ1) is 8.31. The summed E-state index contributed by atoms with van der Waals surface area (Å²) in [6.45, 7) is 3.14. The molecule has 2 nitrogen and oxygen atoms in total. The maximum Gasteiger partial charge on any atom is 0.136 e. The Labute approximate surface area is 105 Å². The van der Waals surface area contributed by atoms with Crippen molar-refractivity contribution in [3.8, 4) is 0 Å². The van der Waals surface area contributed by atoms with Gasteiger partial charge in [0.1, 0.15) is 5.78 Å². The Balaban J connectivity index is 1.76. The summed E-state index contributed by atoms with van der Waals surface area (Å²) in [6, 6.07) is 0. The fraction of sp³-hybridized carbons (Fsp3) is 0.933. The zero-order chi connectivity index (χ0) is 12.1. The van der Waals surface area contributed by atoms with Crippen molar-refractivity contribution in [2.75, 3.05) is 6.61 Å². The van der Waals surface area contributed by atoms with Gasteiger partial charge in [0.2, 0.25) is 0 Å². The largest absolute Gasteiger partial charge is 0.378 e. The molecule has 98 valence electrons. The summed E-state index contributed by atoms with van der Waals surface area (Å²) in [4.78, 5) is 12.3. The highest BCUT2D eigenvalue weighted by atomic mass is 16.5. The van der Waals surface area contributed by atoms with Crippen LogP contribution in [0.1, 0.15) is 64.7 Å². The van der Waals surface area contributed by atoms with Crippen molar-refractivity contribution in [3.05, 3.63) is 0 Å². The fourth-order valence-corrected chi connectivity index (χ4v) is 3.48. The van der Waals surface area contributed by atoms with Crippen molar-refractivity contribution in [2.24, 2.45) is 11.8 Å². The number of hydrogen-bond acceptors (Lipinski definition) is 2. The topological polar surface area (TPSA) is 26.3 Å². The van der Waals surface area contributed by atoms with Crippen molar-refractivity contribution < 1.29 is 9.53 Å². The molecular weight excluding hydrogens is 212 g/mol. The number of rotatable bonds is 5. The van der Waals surface area contributed by atoms with Gasteiger partial charge in [-0.2, -0.15) is 0 Å². The van der Waals surface area contributed by atoms with E-state index in [1.165, 1.54) is 32.1 Å². The quantitative estimate of drug-likeness (QED) is 0.729. The van der Waals surface area contributed by atoms with E-state index in [4.69, 9.17) is 4.74 Å². The summed E-state index contributed by atoms with van der Waals surface area (Å²) < 4.78 is 5.59. The van der Waals surface area contributed by atoms with Gasteiger partial charge in [-0.25, -0.2) is 0 Å². The molecule has 3 unspecified atom stereocenters. The molecule has 0 bridgehead atoms. The Morgan fingerprint density at radius 3 is 2.71 bits per heavy atom. The van der Waals surface area contributed by atoms with Gasteiger partial charge in [-0.1, -0.05) is 26.2 Å². The zero-order valence-electron chi connectivity index (χ0n) is 11.1. The highest BCUT2D eigenvalue weighted by Gasteiger charge is 2.29. The Kier molecular flexibility index (Phi) is 5.02. The average Bonchev–Trinajstić information content (AvgIpc) is 2.89. The molecule has 17 heavy (non-hydrogen) atoms. The van der Waals surface area contributed by atoms with Gasteiger partial charge in [-0.05, 0) is 38.0 Å². The lowest BCUT2D eigenvalue weighted by Gasteiger charge is -2.29. The monoisotopic (exact) mass is 238 g/mol. The van der Waals surface area contributed by atoms with Crippen LogP contribution in [-0.4, -0.2) is 18.5 Å². The van der Waals surface area contributed by atoms with Crippen LogP contribution in [0.4, 0.5) is 0 Å². The van der Waals surface area contributed by atoms with Gasteiger partial charge in [0.25, 0.3) is 0 Å². The van der Waals surface area contributed by atoms with Crippen molar-refractivity contribution in [2.45, 2.75) is 70.8 Å². The highest BCUT2D eigenvalue weighted by Crippen LogP contribution is 2.34. The SMILES string of the molecule is CCC1CCCCC1C(=O)CCC1CCCO1. The molecule has 1 heterocycles. The lowest BCUT2D eigenvalue weighted by atomic mass is 9.75. The van der Waals surface area contributed by atoms with E-state index in [1.807, 2.05) is 0 Å². The second-order valence-corrected chi connectivity index (χ2v) is 5.70.